The van der Waals surface area contributed by atoms with Gasteiger partial charge in [-0.1, -0.05) is 60.7 Å². The lowest BCUT2D eigenvalue weighted by molar-refractivity contribution is 0.469. The summed E-state index contributed by atoms with van der Waals surface area (Å²) in [6.45, 7) is 0. The van der Waals surface area contributed by atoms with Crippen LogP contribution in [0.15, 0.2) is 89.9 Å². The summed E-state index contributed by atoms with van der Waals surface area (Å²) in [6, 6.07) is 24.2. The van der Waals surface area contributed by atoms with E-state index in [9.17, 15) is 0 Å². The van der Waals surface area contributed by atoms with Gasteiger partial charge in [0.1, 0.15) is 30.2 Å². The van der Waals surface area contributed by atoms with Gasteiger partial charge in [-0.15, -0.1) is 10.2 Å². The molecule has 0 spiro atoms. The van der Waals surface area contributed by atoms with Crippen molar-refractivity contribution in [1.82, 2.24) is 14.8 Å². The van der Waals surface area contributed by atoms with Gasteiger partial charge in [0.25, 0.3) is 0 Å². The van der Waals surface area contributed by atoms with E-state index >= 15 is 0 Å². The molecular weight excluding hydrogens is 286 g/mol. The van der Waals surface area contributed by atoms with Gasteiger partial charge >= 0.3 is 0 Å². The highest BCUT2D eigenvalue weighted by Gasteiger charge is 2.20. The lowest BCUT2D eigenvalue weighted by atomic mass is 10.0. The number of hydrogen-bond acceptors (Lipinski definition) is 3. The van der Waals surface area contributed by atoms with E-state index in [0.717, 1.165) is 22.6 Å². The van der Waals surface area contributed by atoms with Crippen LogP contribution in [0.3, 0.4) is 0 Å². The van der Waals surface area contributed by atoms with Gasteiger partial charge in [-0.2, -0.15) is 0 Å². The molecule has 1 atom stereocenters. The molecule has 2 aromatic carbocycles. The summed E-state index contributed by atoms with van der Waals surface area (Å²) in [6.07, 6.45) is 3.42. The van der Waals surface area contributed by atoms with Crippen LogP contribution in [0.4, 0.5) is 0 Å². The minimum Gasteiger partial charge on any atom is -0.459 e. The van der Waals surface area contributed by atoms with E-state index < -0.39 is 0 Å². The van der Waals surface area contributed by atoms with Crippen LogP contribution in [0.1, 0.15) is 17.4 Å². The maximum absolute atomic E-state index is 6.13. The topological polar surface area (TPSA) is 43.9 Å². The normalized spacial score (nSPS) is 12.2. The Morgan fingerprint density at radius 1 is 0.739 bits per heavy atom. The first-order valence-electron chi connectivity index (χ1n) is 7.46. The molecule has 0 bridgehead atoms. The standard InChI is InChI=1S/C19H15N3O/c1-3-7-15(8-4-1)17-11-12-18(23-17)19(22-13-20-21-14-22)16-9-5-2-6-10-16/h1-14,19H. The van der Waals surface area contributed by atoms with Crippen LogP contribution in [0.2, 0.25) is 0 Å². The van der Waals surface area contributed by atoms with Gasteiger partial charge in [0.2, 0.25) is 0 Å². The van der Waals surface area contributed by atoms with E-state index in [2.05, 4.69) is 22.3 Å². The molecule has 0 radical (unpaired) electrons. The summed E-state index contributed by atoms with van der Waals surface area (Å²) < 4.78 is 8.08. The van der Waals surface area contributed by atoms with Crippen molar-refractivity contribution < 1.29 is 4.42 Å². The van der Waals surface area contributed by atoms with Crippen LogP contribution in [0.5, 0.6) is 0 Å². The first-order chi connectivity index (χ1) is 11.4. The Kier molecular flexibility index (Phi) is 3.48. The smallest absolute Gasteiger partial charge is 0.134 e. The minimum atomic E-state index is -0.0799. The Hall–Kier alpha value is -3.14. The monoisotopic (exact) mass is 301 g/mol. The number of nitrogens with zero attached hydrogens (tertiary/aromatic N) is 3. The first-order valence-corrected chi connectivity index (χ1v) is 7.46. The van der Waals surface area contributed by atoms with Crippen molar-refractivity contribution in [3.05, 3.63) is 96.8 Å². The summed E-state index contributed by atoms with van der Waals surface area (Å²) in [5, 5.41) is 7.86. The molecule has 0 saturated heterocycles. The predicted octanol–water partition coefficient (Wildman–Crippen LogP) is 4.18. The molecule has 4 nitrogen and oxygen atoms in total. The fraction of sp³-hybridized carbons (Fsp3) is 0.0526. The highest BCUT2D eigenvalue weighted by Crippen LogP contribution is 2.31. The molecule has 0 N–H and O–H groups in total. The molecule has 0 aliphatic carbocycles. The summed E-state index contributed by atoms with van der Waals surface area (Å²) in [5.41, 5.74) is 2.19. The third-order valence-corrected chi connectivity index (χ3v) is 3.80. The zero-order valence-corrected chi connectivity index (χ0v) is 12.4. The largest absolute Gasteiger partial charge is 0.459 e. The van der Waals surface area contributed by atoms with Crippen molar-refractivity contribution >= 4 is 0 Å². The second-order valence-corrected chi connectivity index (χ2v) is 5.29. The highest BCUT2D eigenvalue weighted by molar-refractivity contribution is 5.57. The van der Waals surface area contributed by atoms with Crippen LogP contribution in [-0.4, -0.2) is 14.8 Å². The Labute approximate surface area is 134 Å². The zero-order valence-electron chi connectivity index (χ0n) is 12.4. The lowest BCUT2D eigenvalue weighted by Crippen LogP contribution is -2.09. The third kappa shape index (κ3) is 2.66. The molecule has 0 aliphatic heterocycles. The van der Waals surface area contributed by atoms with Gasteiger partial charge in [-0.25, -0.2) is 0 Å². The maximum atomic E-state index is 6.13. The van der Waals surface area contributed by atoms with Gasteiger partial charge in [0.05, 0.1) is 0 Å². The fourth-order valence-electron chi connectivity index (χ4n) is 2.72. The van der Waals surface area contributed by atoms with E-state index in [4.69, 9.17) is 4.42 Å². The van der Waals surface area contributed by atoms with Crippen molar-refractivity contribution in [2.45, 2.75) is 6.04 Å². The van der Waals surface area contributed by atoms with Crippen LogP contribution >= 0.6 is 0 Å². The van der Waals surface area contributed by atoms with E-state index in [1.54, 1.807) is 12.7 Å². The summed E-state index contributed by atoms with van der Waals surface area (Å²) in [7, 11) is 0. The van der Waals surface area contributed by atoms with Crippen molar-refractivity contribution in [3.8, 4) is 11.3 Å². The van der Waals surface area contributed by atoms with E-state index in [0.29, 0.717) is 0 Å². The van der Waals surface area contributed by atoms with Gasteiger partial charge in [-0.05, 0) is 17.7 Å². The molecule has 112 valence electrons. The number of benzene rings is 2. The average Bonchev–Trinajstić information content (AvgIpc) is 3.30. The molecular formula is C19H15N3O. The highest BCUT2D eigenvalue weighted by atomic mass is 16.3. The van der Waals surface area contributed by atoms with E-state index in [-0.39, 0.29) is 6.04 Å². The van der Waals surface area contributed by atoms with Crippen molar-refractivity contribution in [2.75, 3.05) is 0 Å². The van der Waals surface area contributed by atoms with Gasteiger partial charge < -0.3 is 8.98 Å². The molecule has 0 fully saturated rings. The molecule has 4 rings (SSSR count). The molecule has 2 heterocycles. The number of rotatable bonds is 4. The molecule has 0 saturated carbocycles. The van der Waals surface area contributed by atoms with Crippen LogP contribution < -0.4 is 0 Å². The summed E-state index contributed by atoms with van der Waals surface area (Å²) in [4.78, 5) is 0. The van der Waals surface area contributed by atoms with E-state index in [1.165, 1.54) is 0 Å². The molecule has 2 aromatic heterocycles. The minimum absolute atomic E-state index is 0.0799. The Bertz CT molecular complexity index is 867. The number of furan rings is 1. The third-order valence-electron chi connectivity index (χ3n) is 3.80. The van der Waals surface area contributed by atoms with Gasteiger partial charge in [0.15, 0.2) is 0 Å². The van der Waals surface area contributed by atoms with Crippen LogP contribution in [0.25, 0.3) is 11.3 Å². The number of aromatic nitrogens is 3. The Balaban J connectivity index is 1.78. The molecule has 0 amide bonds. The quantitative estimate of drug-likeness (QED) is 0.568. The SMILES string of the molecule is c1ccc(-c2ccc(C(c3ccccc3)n3cnnc3)o2)cc1. The Morgan fingerprint density at radius 3 is 2.09 bits per heavy atom. The first kappa shape index (κ1) is 13.5. The average molecular weight is 301 g/mol. The maximum Gasteiger partial charge on any atom is 0.134 e. The molecule has 4 aromatic rings. The fourth-order valence-corrected chi connectivity index (χ4v) is 2.72. The van der Waals surface area contributed by atoms with Gasteiger partial charge in [0, 0.05) is 5.56 Å². The molecule has 0 aliphatic rings. The van der Waals surface area contributed by atoms with Crippen LogP contribution in [-0.2, 0) is 0 Å². The molecule has 4 heteroatoms. The van der Waals surface area contributed by atoms with Crippen molar-refractivity contribution in [2.24, 2.45) is 0 Å². The van der Waals surface area contributed by atoms with Crippen molar-refractivity contribution in [1.29, 1.82) is 0 Å². The van der Waals surface area contributed by atoms with Crippen molar-refractivity contribution in [3.63, 3.8) is 0 Å². The molecule has 23 heavy (non-hydrogen) atoms. The summed E-state index contributed by atoms with van der Waals surface area (Å²) in [5.74, 6) is 1.71. The second kappa shape index (κ2) is 5.93. The number of hydrogen-bond donors (Lipinski definition) is 0. The summed E-state index contributed by atoms with van der Waals surface area (Å²) >= 11 is 0. The lowest BCUT2D eigenvalue weighted by Gasteiger charge is -2.16. The predicted molar refractivity (Wildman–Crippen MR) is 87.8 cm³/mol. The molecule has 1 unspecified atom stereocenters. The zero-order chi connectivity index (χ0) is 15.5. The van der Waals surface area contributed by atoms with E-state index in [1.807, 2.05) is 65.2 Å². The van der Waals surface area contributed by atoms with Gasteiger partial charge in [-0.3, -0.25) is 0 Å². The second-order valence-electron chi connectivity index (χ2n) is 5.29. The Morgan fingerprint density at radius 2 is 1.39 bits per heavy atom. The van der Waals surface area contributed by atoms with Crippen LogP contribution in [0, 0.1) is 0 Å².